The molecule has 0 fully saturated rings. The zero-order valence-corrected chi connectivity index (χ0v) is 15.3. The molecule has 6 heteroatoms. The third-order valence-corrected chi connectivity index (χ3v) is 4.67. The van der Waals surface area contributed by atoms with Crippen molar-refractivity contribution in [3.8, 4) is 0 Å². The van der Waals surface area contributed by atoms with Crippen molar-refractivity contribution < 1.29 is 4.79 Å². The van der Waals surface area contributed by atoms with Crippen LogP contribution in [0.1, 0.15) is 38.1 Å². The fourth-order valence-electron chi connectivity index (χ4n) is 2.48. The van der Waals surface area contributed by atoms with Crippen LogP contribution in [0.5, 0.6) is 0 Å². The Hall–Kier alpha value is -1.82. The lowest BCUT2D eigenvalue weighted by molar-refractivity contribution is -0.118. The lowest BCUT2D eigenvalue weighted by Crippen LogP contribution is -2.15. The molecule has 5 nitrogen and oxygen atoms in total. The second-order valence-electron chi connectivity index (χ2n) is 6.31. The molecular weight excluding hydrogens is 320 g/mol. The van der Waals surface area contributed by atoms with Crippen LogP contribution in [0.4, 0.5) is 0 Å². The SMILES string of the molecule is CC(C)Cn1c(CCC(N)=O)nnc1SCCCc1ccccc1. The van der Waals surface area contributed by atoms with Gasteiger partial charge >= 0.3 is 0 Å². The molecule has 0 aliphatic carbocycles. The highest BCUT2D eigenvalue weighted by molar-refractivity contribution is 7.99. The summed E-state index contributed by atoms with van der Waals surface area (Å²) in [7, 11) is 0. The molecule has 0 aliphatic heterocycles. The topological polar surface area (TPSA) is 73.8 Å². The maximum atomic E-state index is 11.0. The predicted molar refractivity (Wildman–Crippen MR) is 97.9 cm³/mol. The summed E-state index contributed by atoms with van der Waals surface area (Å²) < 4.78 is 2.14. The first kappa shape index (κ1) is 18.5. The Labute approximate surface area is 148 Å². The number of carbonyl (C=O) groups excluding carboxylic acids is 1. The van der Waals surface area contributed by atoms with Gasteiger partial charge in [0.25, 0.3) is 0 Å². The molecule has 2 N–H and O–H groups in total. The molecule has 0 unspecified atom stereocenters. The molecular formula is C18H26N4OS. The molecule has 0 aliphatic rings. The van der Waals surface area contributed by atoms with Gasteiger partial charge in [-0.2, -0.15) is 0 Å². The molecule has 0 spiro atoms. The van der Waals surface area contributed by atoms with Crippen LogP contribution in [-0.2, 0) is 24.2 Å². The fraction of sp³-hybridized carbons (Fsp3) is 0.500. The van der Waals surface area contributed by atoms with E-state index in [0.29, 0.717) is 18.8 Å². The summed E-state index contributed by atoms with van der Waals surface area (Å²) in [4.78, 5) is 11.0. The van der Waals surface area contributed by atoms with Crippen molar-refractivity contribution in [3.63, 3.8) is 0 Å². The third kappa shape index (κ3) is 6.00. The smallest absolute Gasteiger partial charge is 0.217 e. The minimum absolute atomic E-state index is 0.300. The van der Waals surface area contributed by atoms with Crippen molar-refractivity contribution in [2.45, 2.75) is 51.2 Å². The molecule has 0 saturated carbocycles. The largest absolute Gasteiger partial charge is 0.370 e. The minimum atomic E-state index is -0.300. The average molecular weight is 347 g/mol. The van der Waals surface area contributed by atoms with Gasteiger partial charge in [0.15, 0.2) is 5.16 Å². The quantitative estimate of drug-likeness (QED) is 0.530. The standard InChI is InChI=1S/C18H26N4OS/c1-14(2)13-22-17(11-10-16(19)23)20-21-18(22)24-12-6-9-15-7-4-3-5-8-15/h3-5,7-8,14H,6,9-13H2,1-2H3,(H2,19,23). The number of primary amides is 1. The molecule has 130 valence electrons. The molecule has 2 rings (SSSR count). The van der Waals surface area contributed by atoms with Gasteiger partial charge in [0, 0.05) is 25.1 Å². The van der Waals surface area contributed by atoms with Gasteiger partial charge < -0.3 is 10.3 Å². The van der Waals surface area contributed by atoms with Crippen molar-refractivity contribution >= 4 is 17.7 Å². The van der Waals surface area contributed by atoms with Crippen molar-refractivity contribution in [3.05, 3.63) is 41.7 Å². The second-order valence-corrected chi connectivity index (χ2v) is 7.37. The van der Waals surface area contributed by atoms with E-state index in [4.69, 9.17) is 5.73 Å². The van der Waals surface area contributed by atoms with Crippen molar-refractivity contribution in [1.29, 1.82) is 0 Å². The van der Waals surface area contributed by atoms with Gasteiger partial charge in [-0.15, -0.1) is 10.2 Å². The van der Waals surface area contributed by atoms with E-state index < -0.39 is 0 Å². The molecule has 1 aromatic carbocycles. The van der Waals surface area contributed by atoms with E-state index in [1.54, 1.807) is 11.8 Å². The zero-order chi connectivity index (χ0) is 17.4. The van der Waals surface area contributed by atoms with Crippen LogP contribution >= 0.6 is 11.8 Å². The van der Waals surface area contributed by atoms with Crippen LogP contribution in [0, 0.1) is 5.92 Å². The van der Waals surface area contributed by atoms with E-state index in [2.05, 4.69) is 52.9 Å². The normalized spacial score (nSPS) is 11.1. The maximum absolute atomic E-state index is 11.0. The van der Waals surface area contributed by atoms with Crippen molar-refractivity contribution in [2.75, 3.05) is 5.75 Å². The monoisotopic (exact) mass is 346 g/mol. The number of nitrogens with zero attached hydrogens (tertiary/aromatic N) is 3. The van der Waals surface area contributed by atoms with Gasteiger partial charge in [-0.25, -0.2) is 0 Å². The van der Waals surface area contributed by atoms with E-state index >= 15 is 0 Å². The number of hydrogen-bond donors (Lipinski definition) is 1. The highest BCUT2D eigenvalue weighted by atomic mass is 32.2. The summed E-state index contributed by atoms with van der Waals surface area (Å²) in [6, 6.07) is 10.5. The first-order valence-corrected chi connectivity index (χ1v) is 9.42. The fourth-order valence-corrected chi connectivity index (χ4v) is 3.38. The summed E-state index contributed by atoms with van der Waals surface area (Å²) in [6.45, 7) is 5.20. The van der Waals surface area contributed by atoms with Crippen molar-refractivity contribution in [2.24, 2.45) is 11.7 Å². The molecule has 0 bridgehead atoms. The number of thioether (sulfide) groups is 1. The molecule has 1 amide bonds. The summed E-state index contributed by atoms with van der Waals surface area (Å²) >= 11 is 1.74. The number of amides is 1. The van der Waals surface area contributed by atoms with Gasteiger partial charge in [-0.3, -0.25) is 4.79 Å². The van der Waals surface area contributed by atoms with Crippen LogP contribution in [0.2, 0.25) is 0 Å². The van der Waals surface area contributed by atoms with E-state index in [-0.39, 0.29) is 5.91 Å². The van der Waals surface area contributed by atoms with Crippen molar-refractivity contribution in [1.82, 2.24) is 14.8 Å². The van der Waals surface area contributed by atoms with E-state index in [1.165, 1.54) is 5.56 Å². The highest BCUT2D eigenvalue weighted by Crippen LogP contribution is 2.21. The highest BCUT2D eigenvalue weighted by Gasteiger charge is 2.14. The first-order chi connectivity index (χ1) is 11.6. The molecule has 1 heterocycles. The van der Waals surface area contributed by atoms with Gasteiger partial charge in [0.2, 0.25) is 5.91 Å². The Morgan fingerprint density at radius 1 is 1.21 bits per heavy atom. The number of nitrogens with two attached hydrogens (primary N) is 1. The third-order valence-electron chi connectivity index (χ3n) is 3.62. The zero-order valence-electron chi connectivity index (χ0n) is 14.4. The molecule has 0 saturated heterocycles. The molecule has 0 atom stereocenters. The molecule has 2 aromatic rings. The Morgan fingerprint density at radius 3 is 2.62 bits per heavy atom. The van der Waals surface area contributed by atoms with E-state index in [1.807, 2.05) is 6.07 Å². The number of aryl methyl sites for hydroxylation is 2. The number of rotatable bonds is 10. The predicted octanol–water partition coefficient (Wildman–Crippen LogP) is 3.08. The first-order valence-electron chi connectivity index (χ1n) is 8.43. The van der Waals surface area contributed by atoms with Crippen LogP contribution in [0.3, 0.4) is 0 Å². The lowest BCUT2D eigenvalue weighted by Gasteiger charge is -2.12. The summed E-state index contributed by atoms with van der Waals surface area (Å²) in [5.41, 5.74) is 6.62. The van der Waals surface area contributed by atoms with Crippen LogP contribution < -0.4 is 5.73 Å². The minimum Gasteiger partial charge on any atom is -0.370 e. The number of hydrogen-bond acceptors (Lipinski definition) is 4. The summed E-state index contributed by atoms with van der Waals surface area (Å²) in [6.07, 6.45) is 3.04. The number of aromatic nitrogens is 3. The molecule has 0 radical (unpaired) electrons. The van der Waals surface area contributed by atoms with E-state index in [9.17, 15) is 4.79 Å². The van der Waals surface area contributed by atoms with Gasteiger partial charge in [0.05, 0.1) is 0 Å². The Kier molecular flexibility index (Phi) is 7.31. The maximum Gasteiger partial charge on any atom is 0.217 e. The Bertz CT molecular complexity index is 640. The Balaban J connectivity index is 1.91. The summed E-state index contributed by atoms with van der Waals surface area (Å²) in [5.74, 6) is 2.05. The van der Waals surface area contributed by atoms with E-state index in [0.717, 1.165) is 36.1 Å². The van der Waals surface area contributed by atoms with Crippen LogP contribution in [0.15, 0.2) is 35.5 Å². The van der Waals surface area contributed by atoms with Gasteiger partial charge in [-0.05, 0) is 24.3 Å². The van der Waals surface area contributed by atoms with Gasteiger partial charge in [-0.1, -0.05) is 55.9 Å². The number of carbonyl (C=O) groups is 1. The molecule has 1 aromatic heterocycles. The molecule has 24 heavy (non-hydrogen) atoms. The number of benzene rings is 1. The second kappa shape index (κ2) is 9.47. The van der Waals surface area contributed by atoms with Crippen LogP contribution in [0.25, 0.3) is 0 Å². The lowest BCUT2D eigenvalue weighted by atomic mass is 10.1. The average Bonchev–Trinajstić information content (AvgIpc) is 2.92. The Morgan fingerprint density at radius 2 is 1.96 bits per heavy atom. The summed E-state index contributed by atoms with van der Waals surface area (Å²) in [5, 5.41) is 9.52. The van der Waals surface area contributed by atoms with Crippen LogP contribution in [-0.4, -0.2) is 26.4 Å². The van der Waals surface area contributed by atoms with Gasteiger partial charge in [0.1, 0.15) is 5.82 Å².